The maximum Gasteiger partial charge on any atom is 0.417 e. The zero-order chi connectivity index (χ0) is 19.9. The summed E-state index contributed by atoms with van der Waals surface area (Å²) in [4.78, 5) is 28.3. The number of H-pyrrole nitrogens is 1. The summed E-state index contributed by atoms with van der Waals surface area (Å²) in [5, 5.41) is 12.5. The van der Waals surface area contributed by atoms with Crippen molar-refractivity contribution < 1.29 is 23.1 Å². The van der Waals surface area contributed by atoms with E-state index in [1.807, 2.05) is 0 Å². The van der Waals surface area contributed by atoms with Crippen molar-refractivity contribution in [3.05, 3.63) is 36.7 Å². The van der Waals surface area contributed by atoms with E-state index in [-0.39, 0.29) is 24.5 Å². The minimum absolute atomic E-state index is 0.0229. The Morgan fingerprint density at radius 1 is 1.32 bits per heavy atom. The highest BCUT2D eigenvalue weighted by Gasteiger charge is 2.54. The van der Waals surface area contributed by atoms with Gasteiger partial charge in [0.15, 0.2) is 11.3 Å². The van der Waals surface area contributed by atoms with Crippen LogP contribution in [0.25, 0.3) is 17.0 Å². The van der Waals surface area contributed by atoms with E-state index in [4.69, 9.17) is 0 Å². The number of nitrogens with zero attached hydrogens (tertiary/aromatic N) is 4. The lowest BCUT2D eigenvalue weighted by Gasteiger charge is -2.37. The standard InChI is InChI=1S/C17H17F3N6O2/c18-17(19,20)16(28)4-1-10(2-5-16)23-14(27)13-12-11(3-6-22-12)24-15(25-13)26-8-7-21-9-26/h3,6-10,22,28H,1-2,4-5H2,(H,23,27)/t10-,16+. The molecule has 1 aliphatic rings. The number of nitrogens with one attached hydrogen (secondary N) is 2. The van der Waals surface area contributed by atoms with Crippen molar-refractivity contribution >= 4 is 16.9 Å². The van der Waals surface area contributed by atoms with Gasteiger partial charge in [-0.25, -0.2) is 15.0 Å². The Balaban J connectivity index is 1.54. The SMILES string of the molecule is O=C(N[C@H]1CC[C@](O)(C(F)(F)F)CC1)c1nc(-n2ccnc2)nc2cc[nH]c12. The molecule has 1 saturated carbocycles. The van der Waals surface area contributed by atoms with Gasteiger partial charge in [0.1, 0.15) is 6.33 Å². The smallest absolute Gasteiger partial charge is 0.380 e. The van der Waals surface area contributed by atoms with E-state index in [1.54, 1.807) is 29.2 Å². The molecule has 28 heavy (non-hydrogen) atoms. The summed E-state index contributed by atoms with van der Waals surface area (Å²) in [5.41, 5.74) is -1.64. The van der Waals surface area contributed by atoms with Crippen molar-refractivity contribution in [2.24, 2.45) is 0 Å². The topological polar surface area (TPSA) is 109 Å². The first kappa shape index (κ1) is 18.4. The van der Waals surface area contributed by atoms with E-state index in [1.165, 1.54) is 6.33 Å². The molecule has 0 bridgehead atoms. The van der Waals surface area contributed by atoms with Gasteiger partial charge in [0.2, 0.25) is 5.95 Å². The minimum atomic E-state index is -4.68. The number of carbonyl (C=O) groups is 1. The quantitative estimate of drug-likeness (QED) is 0.631. The summed E-state index contributed by atoms with van der Waals surface area (Å²) in [6.07, 6.45) is 0.761. The zero-order valence-electron chi connectivity index (χ0n) is 14.6. The molecule has 8 nitrogen and oxygen atoms in total. The van der Waals surface area contributed by atoms with Gasteiger partial charge >= 0.3 is 6.18 Å². The fraction of sp³-hybridized carbons (Fsp3) is 0.412. The molecule has 0 spiro atoms. The van der Waals surface area contributed by atoms with Crippen molar-refractivity contribution in [3.8, 4) is 5.95 Å². The number of aromatic amines is 1. The second-order valence-corrected chi connectivity index (χ2v) is 6.86. The van der Waals surface area contributed by atoms with Crippen molar-refractivity contribution in [3.63, 3.8) is 0 Å². The predicted octanol–water partition coefficient (Wildman–Crippen LogP) is 2.11. The summed E-state index contributed by atoms with van der Waals surface area (Å²) >= 11 is 0. The largest absolute Gasteiger partial charge is 0.417 e. The Morgan fingerprint density at radius 2 is 2.07 bits per heavy atom. The monoisotopic (exact) mass is 394 g/mol. The molecule has 1 aliphatic carbocycles. The summed E-state index contributed by atoms with van der Waals surface area (Å²) in [5.74, 6) is -0.261. The number of hydrogen-bond acceptors (Lipinski definition) is 5. The van der Waals surface area contributed by atoms with Gasteiger partial charge in [0, 0.05) is 24.6 Å². The van der Waals surface area contributed by atoms with Gasteiger partial charge in [-0.15, -0.1) is 0 Å². The van der Waals surface area contributed by atoms with Gasteiger partial charge in [-0.1, -0.05) is 0 Å². The van der Waals surface area contributed by atoms with Crippen LogP contribution in [0.2, 0.25) is 0 Å². The number of aromatic nitrogens is 5. The summed E-state index contributed by atoms with van der Waals surface area (Å²) < 4.78 is 40.3. The molecule has 3 aromatic rings. The summed E-state index contributed by atoms with van der Waals surface area (Å²) in [7, 11) is 0. The number of alkyl halides is 3. The molecular formula is C17H17F3N6O2. The van der Waals surface area contributed by atoms with E-state index < -0.39 is 36.6 Å². The first-order valence-electron chi connectivity index (χ1n) is 8.70. The van der Waals surface area contributed by atoms with Gasteiger partial charge in [0.05, 0.1) is 11.0 Å². The maximum absolute atomic E-state index is 12.9. The van der Waals surface area contributed by atoms with Gasteiger partial charge in [-0.2, -0.15) is 13.2 Å². The van der Waals surface area contributed by atoms with E-state index in [0.29, 0.717) is 11.0 Å². The molecule has 0 saturated heterocycles. The van der Waals surface area contributed by atoms with E-state index in [2.05, 4.69) is 25.3 Å². The summed E-state index contributed by atoms with van der Waals surface area (Å²) in [6.45, 7) is 0. The third-order valence-corrected chi connectivity index (χ3v) is 5.02. The molecule has 3 heterocycles. The van der Waals surface area contributed by atoms with Crippen LogP contribution in [-0.2, 0) is 0 Å². The molecular weight excluding hydrogens is 377 g/mol. The number of hydrogen-bond donors (Lipinski definition) is 3. The van der Waals surface area contributed by atoms with Crippen LogP contribution >= 0.6 is 0 Å². The Hall–Kier alpha value is -2.95. The maximum atomic E-state index is 12.9. The van der Waals surface area contributed by atoms with Crippen molar-refractivity contribution in [1.29, 1.82) is 0 Å². The minimum Gasteiger partial charge on any atom is -0.380 e. The van der Waals surface area contributed by atoms with Crippen LogP contribution in [0.3, 0.4) is 0 Å². The van der Waals surface area contributed by atoms with Crippen LogP contribution in [0.1, 0.15) is 36.2 Å². The van der Waals surface area contributed by atoms with Crippen molar-refractivity contribution in [2.75, 3.05) is 0 Å². The molecule has 4 rings (SSSR count). The molecule has 0 unspecified atom stereocenters. The van der Waals surface area contributed by atoms with Crippen molar-refractivity contribution in [2.45, 2.75) is 43.5 Å². The second kappa shape index (κ2) is 6.59. The van der Waals surface area contributed by atoms with Crippen LogP contribution in [0.4, 0.5) is 13.2 Å². The fourth-order valence-corrected chi connectivity index (χ4v) is 3.37. The zero-order valence-corrected chi connectivity index (χ0v) is 14.6. The molecule has 0 radical (unpaired) electrons. The van der Waals surface area contributed by atoms with Gasteiger partial charge in [-0.3, -0.25) is 9.36 Å². The van der Waals surface area contributed by atoms with Crippen molar-refractivity contribution in [1.82, 2.24) is 29.8 Å². The second-order valence-electron chi connectivity index (χ2n) is 6.86. The third kappa shape index (κ3) is 3.21. The van der Waals surface area contributed by atoms with Crippen LogP contribution in [-0.4, -0.2) is 53.3 Å². The lowest BCUT2D eigenvalue weighted by molar-refractivity contribution is -0.270. The highest BCUT2D eigenvalue weighted by molar-refractivity contribution is 6.03. The van der Waals surface area contributed by atoms with E-state index >= 15 is 0 Å². The Kier molecular flexibility index (Phi) is 4.33. The van der Waals surface area contributed by atoms with Gasteiger partial charge in [-0.05, 0) is 31.7 Å². The number of amides is 1. The molecule has 1 fully saturated rings. The van der Waals surface area contributed by atoms with Crippen LogP contribution in [0, 0.1) is 0 Å². The number of fused-ring (bicyclic) bond motifs is 1. The van der Waals surface area contributed by atoms with Crippen LogP contribution < -0.4 is 5.32 Å². The number of halogens is 3. The number of imidazole rings is 1. The molecule has 148 valence electrons. The lowest BCUT2D eigenvalue weighted by Crippen LogP contribution is -2.51. The lowest BCUT2D eigenvalue weighted by atomic mass is 9.81. The van der Waals surface area contributed by atoms with E-state index in [9.17, 15) is 23.1 Å². The highest BCUT2D eigenvalue weighted by atomic mass is 19.4. The number of carbonyl (C=O) groups excluding carboxylic acids is 1. The Morgan fingerprint density at radius 3 is 2.71 bits per heavy atom. The molecule has 3 N–H and O–H groups in total. The fourth-order valence-electron chi connectivity index (χ4n) is 3.37. The van der Waals surface area contributed by atoms with Crippen LogP contribution in [0.15, 0.2) is 31.0 Å². The molecule has 0 aliphatic heterocycles. The molecule has 0 atom stereocenters. The van der Waals surface area contributed by atoms with E-state index in [0.717, 1.165) is 0 Å². The summed E-state index contributed by atoms with van der Waals surface area (Å²) in [6, 6.07) is 1.21. The molecule has 3 aromatic heterocycles. The number of aliphatic hydroxyl groups is 1. The van der Waals surface area contributed by atoms with Gasteiger partial charge < -0.3 is 15.4 Å². The third-order valence-electron chi connectivity index (χ3n) is 5.02. The molecule has 1 amide bonds. The predicted molar refractivity (Wildman–Crippen MR) is 91.7 cm³/mol. The Labute approximate surface area is 156 Å². The van der Waals surface area contributed by atoms with Gasteiger partial charge in [0.25, 0.3) is 5.91 Å². The molecule has 11 heteroatoms. The first-order valence-corrected chi connectivity index (χ1v) is 8.70. The normalized spacial score (nSPS) is 23.1. The number of rotatable bonds is 3. The highest BCUT2D eigenvalue weighted by Crippen LogP contribution is 2.41. The first-order chi connectivity index (χ1) is 13.3. The average molecular weight is 394 g/mol. The average Bonchev–Trinajstić information content (AvgIpc) is 3.33. The molecule has 0 aromatic carbocycles. The van der Waals surface area contributed by atoms with Crippen LogP contribution in [0.5, 0.6) is 0 Å². The Bertz CT molecular complexity index is 990.